The molecule has 0 atom stereocenters. The third-order valence-electron chi connectivity index (χ3n) is 2.64. The number of aromatic nitrogens is 2. The molecule has 3 rings (SSSR count). The van der Waals surface area contributed by atoms with Gasteiger partial charge in [0.1, 0.15) is 11.5 Å². The first-order valence-electron chi connectivity index (χ1n) is 5.08. The molecule has 4 heteroatoms. The van der Waals surface area contributed by atoms with Crippen LogP contribution in [-0.2, 0) is 6.42 Å². The van der Waals surface area contributed by atoms with Crippen molar-refractivity contribution in [2.75, 3.05) is 5.75 Å². The van der Waals surface area contributed by atoms with Crippen LogP contribution in [0, 0.1) is 0 Å². The minimum absolute atomic E-state index is 0.585. The maximum atomic E-state index is 6.12. The van der Waals surface area contributed by atoms with Crippen molar-refractivity contribution in [2.24, 2.45) is 0 Å². The normalized spacial score (nSPS) is 13.8. The lowest BCUT2D eigenvalue weighted by molar-refractivity contribution is 1.06. The number of hydrogen-bond donors (Lipinski definition) is 0. The molecule has 1 aromatic heterocycles. The SMILES string of the molecule is Clc1ncnc2c1CCSc1ccccc1-2. The highest BCUT2D eigenvalue weighted by atomic mass is 35.5. The Hall–Kier alpha value is -1.06. The van der Waals surface area contributed by atoms with Gasteiger partial charge in [-0.3, -0.25) is 0 Å². The third kappa shape index (κ3) is 1.60. The Morgan fingerprint density at radius 2 is 2.06 bits per heavy atom. The van der Waals surface area contributed by atoms with Crippen molar-refractivity contribution in [3.8, 4) is 11.3 Å². The van der Waals surface area contributed by atoms with Crippen molar-refractivity contribution in [2.45, 2.75) is 11.3 Å². The molecule has 0 N–H and O–H groups in total. The lowest BCUT2D eigenvalue weighted by Crippen LogP contribution is -1.96. The summed E-state index contributed by atoms with van der Waals surface area (Å²) in [5.41, 5.74) is 3.23. The van der Waals surface area contributed by atoms with Crippen LogP contribution in [0.3, 0.4) is 0 Å². The van der Waals surface area contributed by atoms with Crippen molar-refractivity contribution in [3.05, 3.63) is 41.3 Å². The third-order valence-corrected chi connectivity index (χ3v) is 4.05. The molecule has 2 aromatic rings. The first-order chi connectivity index (χ1) is 7.86. The molecule has 0 unspecified atom stereocenters. The fraction of sp³-hybridized carbons (Fsp3) is 0.167. The van der Waals surface area contributed by atoms with Gasteiger partial charge in [-0.15, -0.1) is 11.8 Å². The summed E-state index contributed by atoms with van der Waals surface area (Å²) in [7, 11) is 0. The molecule has 0 spiro atoms. The Labute approximate surface area is 103 Å². The highest BCUT2D eigenvalue weighted by molar-refractivity contribution is 7.99. The van der Waals surface area contributed by atoms with E-state index in [0.29, 0.717) is 5.15 Å². The quantitative estimate of drug-likeness (QED) is 0.668. The Bertz CT molecular complexity index is 542. The summed E-state index contributed by atoms with van der Waals surface area (Å²) in [4.78, 5) is 9.70. The average molecular weight is 249 g/mol. The molecule has 0 saturated carbocycles. The Kier molecular flexibility index (Phi) is 2.58. The predicted molar refractivity (Wildman–Crippen MR) is 66.9 cm³/mol. The van der Waals surface area contributed by atoms with Crippen LogP contribution in [0.25, 0.3) is 11.3 Å². The molecule has 1 aliphatic heterocycles. The van der Waals surface area contributed by atoms with Crippen LogP contribution in [0.5, 0.6) is 0 Å². The molecule has 2 nitrogen and oxygen atoms in total. The molecule has 0 saturated heterocycles. The van der Waals surface area contributed by atoms with E-state index in [1.807, 2.05) is 17.8 Å². The molecule has 16 heavy (non-hydrogen) atoms. The topological polar surface area (TPSA) is 25.8 Å². The monoisotopic (exact) mass is 248 g/mol. The van der Waals surface area contributed by atoms with Crippen LogP contribution < -0.4 is 0 Å². The lowest BCUT2D eigenvalue weighted by Gasteiger charge is -2.07. The van der Waals surface area contributed by atoms with Crippen LogP contribution in [0.4, 0.5) is 0 Å². The summed E-state index contributed by atoms with van der Waals surface area (Å²) in [5.74, 6) is 1.02. The van der Waals surface area contributed by atoms with Gasteiger partial charge < -0.3 is 0 Å². The van der Waals surface area contributed by atoms with E-state index in [1.165, 1.54) is 16.8 Å². The van der Waals surface area contributed by atoms with Gasteiger partial charge >= 0.3 is 0 Å². The number of nitrogens with zero attached hydrogens (tertiary/aromatic N) is 2. The minimum atomic E-state index is 0.585. The molecule has 0 amide bonds. The maximum absolute atomic E-state index is 6.12. The minimum Gasteiger partial charge on any atom is -0.236 e. The van der Waals surface area contributed by atoms with Gasteiger partial charge in [0.2, 0.25) is 0 Å². The Morgan fingerprint density at radius 1 is 1.19 bits per heavy atom. The van der Waals surface area contributed by atoms with E-state index in [0.717, 1.165) is 23.4 Å². The number of halogens is 1. The van der Waals surface area contributed by atoms with Gasteiger partial charge in [0, 0.05) is 21.8 Å². The zero-order valence-corrected chi connectivity index (χ0v) is 10.1. The fourth-order valence-corrected chi connectivity index (χ4v) is 3.14. The van der Waals surface area contributed by atoms with Crippen LogP contribution >= 0.6 is 23.4 Å². The van der Waals surface area contributed by atoms with Gasteiger partial charge in [0.05, 0.1) is 5.69 Å². The van der Waals surface area contributed by atoms with Gasteiger partial charge in [-0.05, 0) is 12.5 Å². The van der Waals surface area contributed by atoms with E-state index in [-0.39, 0.29) is 0 Å². The van der Waals surface area contributed by atoms with Gasteiger partial charge in [-0.1, -0.05) is 29.8 Å². The van der Waals surface area contributed by atoms with Crippen molar-refractivity contribution >= 4 is 23.4 Å². The van der Waals surface area contributed by atoms with Crippen LogP contribution in [0.1, 0.15) is 5.56 Å². The van der Waals surface area contributed by atoms with Crippen molar-refractivity contribution in [1.29, 1.82) is 0 Å². The summed E-state index contributed by atoms with van der Waals surface area (Å²) in [5, 5.41) is 0.585. The van der Waals surface area contributed by atoms with E-state index in [4.69, 9.17) is 11.6 Å². The second kappa shape index (κ2) is 4.07. The Morgan fingerprint density at radius 3 is 3.00 bits per heavy atom. The molecular formula is C12H9ClN2S. The van der Waals surface area contributed by atoms with Crippen molar-refractivity contribution < 1.29 is 0 Å². The Balaban J connectivity index is 2.30. The van der Waals surface area contributed by atoms with E-state index in [9.17, 15) is 0 Å². The van der Waals surface area contributed by atoms with E-state index in [2.05, 4.69) is 28.2 Å². The summed E-state index contributed by atoms with van der Waals surface area (Å²) in [6, 6.07) is 8.31. The highest BCUT2D eigenvalue weighted by Gasteiger charge is 2.18. The number of fused-ring (bicyclic) bond motifs is 3. The molecule has 1 aliphatic rings. The summed E-state index contributed by atoms with van der Waals surface area (Å²) >= 11 is 7.97. The maximum Gasteiger partial charge on any atom is 0.136 e. The lowest BCUT2D eigenvalue weighted by atomic mass is 10.1. The van der Waals surface area contributed by atoms with Crippen molar-refractivity contribution in [3.63, 3.8) is 0 Å². The predicted octanol–water partition coefficient (Wildman–Crippen LogP) is 3.45. The number of benzene rings is 1. The smallest absolute Gasteiger partial charge is 0.136 e. The summed E-state index contributed by atoms with van der Waals surface area (Å²) < 4.78 is 0. The van der Waals surface area contributed by atoms with E-state index in [1.54, 1.807) is 0 Å². The molecule has 80 valence electrons. The van der Waals surface area contributed by atoms with Crippen LogP contribution in [0.2, 0.25) is 5.15 Å². The number of hydrogen-bond acceptors (Lipinski definition) is 3. The first kappa shape index (κ1) is 10.1. The highest BCUT2D eigenvalue weighted by Crippen LogP contribution is 2.37. The molecule has 0 radical (unpaired) electrons. The zero-order valence-electron chi connectivity index (χ0n) is 8.48. The fourth-order valence-electron chi connectivity index (χ4n) is 1.90. The second-order valence-electron chi connectivity index (χ2n) is 3.59. The standard InChI is InChI=1S/C12H9ClN2S/c13-12-9-5-6-16-10-4-2-1-3-8(10)11(9)14-7-15-12/h1-4,7H,5-6H2. The molecule has 0 bridgehead atoms. The molecule has 0 aliphatic carbocycles. The van der Waals surface area contributed by atoms with Crippen LogP contribution in [0.15, 0.2) is 35.5 Å². The van der Waals surface area contributed by atoms with Crippen LogP contribution in [-0.4, -0.2) is 15.7 Å². The average Bonchev–Trinajstić information content (AvgIpc) is 2.50. The van der Waals surface area contributed by atoms with E-state index < -0.39 is 0 Å². The molecule has 1 aromatic carbocycles. The molecular weight excluding hydrogens is 240 g/mol. The number of rotatable bonds is 0. The van der Waals surface area contributed by atoms with Gasteiger partial charge in [-0.2, -0.15) is 0 Å². The summed E-state index contributed by atoms with van der Waals surface area (Å²) in [6.45, 7) is 0. The van der Waals surface area contributed by atoms with E-state index >= 15 is 0 Å². The van der Waals surface area contributed by atoms with Gasteiger partial charge in [-0.25, -0.2) is 9.97 Å². The van der Waals surface area contributed by atoms with Gasteiger partial charge in [0.15, 0.2) is 0 Å². The van der Waals surface area contributed by atoms with Gasteiger partial charge in [0.25, 0.3) is 0 Å². The number of thioether (sulfide) groups is 1. The molecule has 2 heterocycles. The largest absolute Gasteiger partial charge is 0.236 e. The zero-order chi connectivity index (χ0) is 11.0. The first-order valence-corrected chi connectivity index (χ1v) is 6.44. The molecule has 0 fully saturated rings. The second-order valence-corrected chi connectivity index (χ2v) is 5.08. The van der Waals surface area contributed by atoms with Crippen molar-refractivity contribution in [1.82, 2.24) is 9.97 Å². The summed E-state index contributed by atoms with van der Waals surface area (Å²) in [6.07, 6.45) is 2.46.